The third-order valence-corrected chi connectivity index (χ3v) is 3.63. The normalized spacial score (nSPS) is 37.6. The molecule has 1 spiro atoms. The summed E-state index contributed by atoms with van der Waals surface area (Å²) in [6.07, 6.45) is 0.601. The summed E-state index contributed by atoms with van der Waals surface area (Å²) in [5.74, 6) is 0.0414. The van der Waals surface area contributed by atoms with E-state index in [0.29, 0.717) is 12.8 Å². The zero-order chi connectivity index (χ0) is 9.97. The van der Waals surface area contributed by atoms with E-state index in [1.807, 2.05) is 0 Å². The highest BCUT2D eigenvalue weighted by molar-refractivity contribution is 5.85. The number of ketones is 1. The van der Waals surface area contributed by atoms with Crippen LogP contribution >= 0.6 is 0 Å². The van der Waals surface area contributed by atoms with E-state index in [2.05, 4.69) is 0 Å². The summed E-state index contributed by atoms with van der Waals surface area (Å²) < 4.78 is 30.7. The van der Waals surface area contributed by atoms with Crippen molar-refractivity contribution < 1.29 is 18.3 Å². The molecule has 0 amide bonds. The van der Waals surface area contributed by atoms with Crippen LogP contribution in [0.1, 0.15) is 32.1 Å². The molecule has 4 heteroatoms. The van der Waals surface area contributed by atoms with Crippen LogP contribution in [-0.2, 0) is 9.53 Å². The first-order valence-corrected chi connectivity index (χ1v) is 5.11. The standard InChI is InChI=1S/C10H12F2O2/c11-8(12)10(9(14-10)3-4-9)5-7(13)6-1-2-6/h6,8H,1-5H2. The van der Waals surface area contributed by atoms with E-state index in [0.717, 1.165) is 12.8 Å². The quantitative estimate of drug-likeness (QED) is 0.652. The molecule has 2 saturated carbocycles. The average Bonchev–Trinajstić information content (AvgIpc) is 2.97. The summed E-state index contributed by atoms with van der Waals surface area (Å²) in [6, 6.07) is 0. The van der Waals surface area contributed by atoms with E-state index in [-0.39, 0.29) is 18.1 Å². The second-order valence-corrected chi connectivity index (χ2v) is 4.70. The lowest BCUT2D eigenvalue weighted by atomic mass is 9.95. The van der Waals surface area contributed by atoms with Gasteiger partial charge >= 0.3 is 0 Å². The third kappa shape index (κ3) is 1.00. The first kappa shape index (κ1) is 8.77. The number of carbonyl (C=O) groups is 1. The molecule has 2 nitrogen and oxygen atoms in total. The van der Waals surface area contributed by atoms with Gasteiger partial charge in [0, 0.05) is 12.3 Å². The van der Waals surface area contributed by atoms with Crippen molar-refractivity contribution in [3.63, 3.8) is 0 Å². The Bertz CT molecular complexity index is 294. The van der Waals surface area contributed by atoms with E-state index in [9.17, 15) is 13.6 Å². The monoisotopic (exact) mass is 202 g/mol. The number of hydrogen-bond acceptors (Lipinski definition) is 2. The molecule has 1 saturated heterocycles. The van der Waals surface area contributed by atoms with E-state index < -0.39 is 17.6 Å². The van der Waals surface area contributed by atoms with Crippen molar-refractivity contribution in [2.24, 2.45) is 5.92 Å². The van der Waals surface area contributed by atoms with Gasteiger partial charge in [0.15, 0.2) is 5.60 Å². The number of Topliss-reactive ketones (excluding diaryl/α,β-unsaturated/α-hetero) is 1. The largest absolute Gasteiger partial charge is 0.356 e. The summed E-state index contributed by atoms with van der Waals surface area (Å²) in [6.45, 7) is 0. The molecule has 0 N–H and O–H groups in total. The Hall–Kier alpha value is -0.510. The fraction of sp³-hybridized carbons (Fsp3) is 0.900. The summed E-state index contributed by atoms with van der Waals surface area (Å²) in [5.41, 5.74) is -1.97. The highest BCUT2D eigenvalue weighted by Gasteiger charge is 2.81. The molecule has 1 aliphatic heterocycles. The Kier molecular flexibility index (Phi) is 1.47. The van der Waals surface area contributed by atoms with Gasteiger partial charge in [-0.05, 0) is 25.7 Å². The second-order valence-electron chi connectivity index (χ2n) is 4.70. The van der Waals surface area contributed by atoms with E-state index in [4.69, 9.17) is 4.74 Å². The van der Waals surface area contributed by atoms with Gasteiger partial charge in [0.25, 0.3) is 6.43 Å². The molecule has 1 unspecified atom stereocenters. The lowest BCUT2D eigenvalue weighted by molar-refractivity contribution is -0.123. The number of carbonyl (C=O) groups excluding carboxylic acids is 1. The molecular weight excluding hydrogens is 190 g/mol. The van der Waals surface area contributed by atoms with Crippen molar-refractivity contribution in [3.8, 4) is 0 Å². The maximum absolute atomic E-state index is 12.8. The SMILES string of the molecule is O=C(CC1(C(F)F)OC12CC2)C1CC1. The molecule has 0 radical (unpaired) electrons. The molecule has 3 aliphatic rings. The molecule has 0 aromatic rings. The van der Waals surface area contributed by atoms with Crippen LogP contribution in [0, 0.1) is 5.92 Å². The minimum absolute atomic E-state index is 0.0194. The number of ether oxygens (including phenoxy) is 1. The van der Waals surface area contributed by atoms with Crippen LogP contribution in [0.3, 0.4) is 0 Å². The van der Waals surface area contributed by atoms with Crippen LogP contribution in [0.2, 0.25) is 0 Å². The van der Waals surface area contributed by atoms with E-state index >= 15 is 0 Å². The molecule has 1 atom stereocenters. The Morgan fingerprint density at radius 1 is 1.43 bits per heavy atom. The van der Waals surface area contributed by atoms with Crippen molar-refractivity contribution in [1.29, 1.82) is 0 Å². The molecule has 78 valence electrons. The van der Waals surface area contributed by atoms with Gasteiger partial charge in [0.05, 0.1) is 0 Å². The van der Waals surface area contributed by atoms with Crippen LogP contribution in [0.15, 0.2) is 0 Å². The van der Waals surface area contributed by atoms with E-state index in [1.54, 1.807) is 0 Å². The van der Waals surface area contributed by atoms with Crippen LogP contribution < -0.4 is 0 Å². The second kappa shape index (κ2) is 2.35. The van der Waals surface area contributed by atoms with Gasteiger partial charge in [-0.1, -0.05) is 0 Å². The lowest BCUT2D eigenvalue weighted by Gasteiger charge is -2.10. The van der Waals surface area contributed by atoms with Crippen LogP contribution in [0.25, 0.3) is 0 Å². The molecule has 14 heavy (non-hydrogen) atoms. The maximum atomic E-state index is 12.8. The Labute approximate surface area is 80.6 Å². The summed E-state index contributed by atoms with van der Waals surface area (Å²) in [4.78, 5) is 11.5. The Morgan fingerprint density at radius 2 is 2.07 bits per heavy atom. The van der Waals surface area contributed by atoms with Gasteiger partial charge in [-0.3, -0.25) is 4.79 Å². The molecule has 2 aliphatic carbocycles. The van der Waals surface area contributed by atoms with Gasteiger partial charge in [-0.25, -0.2) is 8.78 Å². The molecular formula is C10H12F2O2. The van der Waals surface area contributed by atoms with Crippen molar-refractivity contribution in [3.05, 3.63) is 0 Å². The van der Waals surface area contributed by atoms with Crippen LogP contribution in [-0.4, -0.2) is 23.4 Å². The first-order valence-electron chi connectivity index (χ1n) is 5.11. The molecule has 0 aromatic carbocycles. The molecule has 1 heterocycles. The van der Waals surface area contributed by atoms with Crippen molar-refractivity contribution in [2.75, 3.05) is 0 Å². The topological polar surface area (TPSA) is 29.6 Å². The number of hydrogen-bond donors (Lipinski definition) is 0. The Morgan fingerprint density at radius 3 is 2.43 bits per heavy atom. The summed E-state index contributed by atoms with van der Waals surface area (Å²) in [7, 11) is 0. The maximum Gasteiger partial charge on any atom is 0.270 e. The highest BCUT2D eigenvalue weighted by atomic mass is 19.3. The number of alkyl halides is 2. The number of halogens is 2. The highest BCUT2D eigenvalue weighted by Crippen LogP contribution is 2.68. The van der Waals surface area contributed by atoms with Gasteiger partial charge in [-0.15, -0.1) is 0 Å². The number of epoxide rings is 1. The minimum Gasteiger partial charge on any atom is -0.356 e. The zero-order valence-electron chi connectivity index (χ0n) is 7.76. The lowest BCUT2D eigenvalue weighted by Crippen LogP contribution is -2.30. The van der Waals surface area contributed by atoms with Crippen LogP contribution in [0.4, 0.5) is 8.78 Å². The third-order valence-electron chi connectivity index (χ3n) is 3.63. The predicted molar refractivity (Wildman–Crippen MR) is 44.1 cm³/mol. The minimum atomic E-state index is -2.51. The summed E-state index contributed by atoms with van der Waals surface area (Å²) >= 11 is 0. The van der Waals surface area contributed by atoms with Crippen molar-refractivity contribution in [1.82, 2.24) is 0 Å². The zero-order valence-corrected chi connectivity index (χ0v) is 7.76. The average molecular weight is 202 g/mol. The molecule has 3 fully saturated rings. The van der Waals surface area contributed by atoms with Gasteiger partial charge in [0.2, 0.25) is 0 Å². The fourth-order valence-electron chi connectivity index (χ4n) is 2.29. The van der Waals surface area contributed by atoms with Gasteiger partial charge in [-0.2, -0.15) is 0 Å². The number of rotatable bonds is 4. The smallest absolute Gasteiger partial charge is 0.270 e. The van der Waals surface area contributed by atoms with Gasteiger partial charge in [0.1, 0.15) is 11.4 Å². The Balaban J connectivity index is 1.71. The fourth-order valence-corrected chi connectivity index (χ4v) is 2.29. The van der Waals surface area contributed by atoms with Crippen molar-refractivity contribution >= 4 is 5.78 Å². The van der Waals surface area contributed by atoms with Crippen LogP contribution in [0.5, 0.6) is 0 Å². The summed E-state index contributed by atoms with van der Waals surface area (Å²) in [5, 5.41) is 0. The first-order chi connectivity index (χ1) is 6.60. The molecule has 0 bridgehead atoms. The predicted octanol–water partition coefficient (Wildman–Crippen LogP) is 1.92. The van der Waals surface area contributed by atoms with Crippen molar-refractivity contribution in [2.45, 2.75) is 49.7 Å². The van der Waals surface area contributed by atoms with E-state index in [1.165, 1.54) is 0 Å². The molecule has 0 aromatic heterocycles. The van der Waals surface area contributed by atoms with Gasteiger partial charge < -0.3 is 4.74 Å². The molecule has 3 rings (SSSR count).